The van der Waals surface area contributed by atoms with Gasteiger partial charge in [0.2, 0.25) is 0 Å². The van der Waals surface area contributed by atoms with Crippen molar-refractivity contribution in [3.8, 4) is 5.75 Å². The number of carbonyl (C=O) groups excluding carboxylic acids is 2. The van der Waals surface area contributed by atoms with Gasteiger partial charge >= 0.3 is 11.8 Å². The van der Waals surface area contributed by atoms with Crippen molar-refractivity contribution in [2.75, 3.05) is 0 Å². The van der Waals surface area contributed by atoms with E-state index in [1.165, 1.54) is 0 Å². The molecule has 1 fully saturated rings. The topological polar surface area (TPSA) is 67.4 Å². The van der Waals surface area contributed by atoms with Gasteiger partial charge < -0.3 is 15.4 Å². The molecule has 150 valence electrons. The summed E-state index contributed by atoms with van der Waals surface area (Å²) in [7, 11) is 0. The molecule has 0 saturated heterocycles. The van der Waals surface area contributed by atoms with Gasteiger partial charge in [0.1, 0.15) is 5.75 Å². The number of nitrogens with one attached hydrogen (secondary N) is 2. The number of carbonyl (C=O) groups is 2. The molecular formula is C22H34N2O3. The quantitative estimate of drug-likeness (QED) is 0.770. The van der Waals surface area contributed by atoms with E-state index in [-0.39, 0.29) is 12.1 Å². The largest absolute Gasteiger partial charge is 0.491 e. The van der Waals surface area contributed by atoms with E-state index in [4.69, 9.17) is 4.74 Å². The van der Waals surface area contributed by atoms with Crippen LogP contribution in [0.2, 0.25) is 0 Å². The van der Waals surface area contributed by atoms with Crippen molar-refractivity contribution in [2.45, 2.75) is 79.0 Å². The highest BCUT2D eigenvalue weighted by atomic mass is 16.5. The van der Waals surface area contributed by atoms with Crippen LogP contribution in [0.15, 0.2) is 24.3 Å². The Hall–Kier alpha value is -2.04. The van der Waals surface area contributed by atoms with Crippen LogP contribution in [0.5, 0.6) is 5.75 Å². The van der Waals surface area contributed by atoms with Gasteiger partial charge in [-0.3, -0.25) is 9.59 Å². The zero-order chi connectivity index (χ0) is 20.0. The highest BCUT2D eigenvalue weighted by Gasteiger charge is 2.30. The Labute approximate surface area is 163 Å². The van der Waals surface area contributed by atoms with Gasteiger partial charge in [-0.15, -0.1) is 0 Å². The maximum atomic E-state index is 12.1. The molecule has 0 heterocycles. The van der Waals surface area contributed by atoms with Crippen LogP contribution in [0.4, 0.5) is 0 Å². The highest BCUT2D eigenvalue weighted by molar-refractivity contribution is 6.35. The van der Waals surface area contributed by atoms with Crippen molar-refractivity contribution >= 4 is 11.8 Å². The van der Waals surface area contributed by atoms with Crippen molar-refractivity contribution in [2.24, 2.45) is 11.3 Å². The minimum absolute atomic E-state index is 0.106. The number of hydrogen-bond donors (Lipinski definition) is 2. The van der Waals surface area contributed by atoms with Crippen LogP contribution in [-0.2, 0) is 16.1 Å². The monoisotopic (exact) mass is 374 g/mol. The summed E-state index contributed by atoms with van der Waals surface area (Å²) in [5.74, 6) is 0.371. The Morgan fingerprint density at radius 2 is 1.63 bits per heavy atom. The third-order valence-electron chi connectivity index (χ3n) is 5.24. The number of ether oxygens (including phenoxy) is 1. The molecule has 0 aromatic heterocycles. The zero-order valence-corrected chi connectivity index (χ0v) is 17.3. The van der Waals surface area contributed by atoms with Crippen molar-refractivity contribution in [1.82, 2.24) is 10.6 Å². The van der Waals surface area contributed by atoms with Gasteiger partial charge in [0.15, 0.2) is 0 Å². The lowest BCUT2D eigenvalue weighted by Crippen LogP contribution is -2.46. The highest BCUT2D eigenvalue weighted by Crippen LogP contribution is 2.37. The molecule has 0 aliphatic heterocycles. The lowest BCUT2D eigenvalue weighted by atomic mass is 9.71. The molecule has 0 radical (unpaired) electrons. The van der Waals surface area contributed by atoms with Crippen molar-refractivity contribution < 1.29 is 14.3 Å². The molecule has 1 aliphatic rings. The molecule has 1 aromatic carbocycles. The fourth-order valence-electron chi connectivity index (χ4n) is 3.58. The van der Waals surface area contributed by atoms with Gasteiger partial charge in [0, 0.05) is 12.6 Å². The molecule has 1 aromatic rings. The van der Waals surface area contributed by atoms with Gasteiger partial charge in [-0.1, -0.05) is 32.9 Å². The molecule has 5 nitrogen and oxygen atoms in total. The van der Waals surface area contributed by atoms with Gasteiger partial charge in [-0.25, -0.2) is 0 Å². The second kappa shape index (κ2) is 9.25. The smallest absolute Gasteiger partial charge is 0.309 e. The van der Waals surface area contributed by atoms with E-state index < -0.39 is 11.8 Å². The second-order valence-corrected chi connectivity index (χ2v) is 8.88. The van der Waals surface area contributed by atoms with Gasteiger partial charge in [0.25, 0.3) is 0 Å². The molecule has 0 bridgehead atoms. The molecule has 2 amide bonds. The van der Waals surface area contributed by atoms with Gasteiger partial charge in [-0.05, 0) is 68.6 Å². The molecule has 27 heavy (non-hydrogen) atoms. The Balaban J connectivity index is 1.74. The lowest BCUT2D eigenvalue weighted by molar-refractivity contribution is -0.139. The van der Waals surface area contributed by atoms with Crippen molar-refractivity contribution in [1.29, 1.82) is 0 Å². The number of hydrogen-bond acceptors (Lipinski definition) is 3. The zero-order valence-electron chi connectivity index (χ0n) is 17.3. The number of rotatable bonds is 5. The average Bonchev–Trinajstić information content (AvgIpc) is 2.60. The first-order chi connectivity index (χ1) is 12.6. The summed E-state index contributed by atoms with van der Waals surface area (Å²) >= 11 is 0. The van der Waals surface area contributed by atoms with E-state index >= 15 is 0 Å². The summed E-state index contributed by atoms with van der Waals surface area (Å²) in [5, 5.41) is 5.58. The first kappa shape index (κ1) is 21.3. The third kappa shape index (κ3) is 6.89. The van der Waals surface area contributed by atoms with Gasteiger partial charge in [0.05, 0.1) is 6.10 Å². The van der Waals surface area contributed by atoms with Crippen LogP contribution in [0, 0.1) is 11.3 Å². The van der Waals surface area contributed by atoms with Crippen LogP contribution < -0.4 is 15.4 Å². The van der Waals surface area contributed by atoms with Crippen LogP contribution in [-0.4, -0.2) is 24.0 Å². The molecule has 2 rings (SSSR count). The van der Waals surface area contributed by atoms with E-state index in [0.29, 0.717) is 17.9 Å². The predicted octanol–water partition coefficient (Wildman–Crippen LogP) is 3.81. The second-order valence-electron chi connectivity index (χ2n) is 8.88. The van der Waals surface area contributed by atoms with Crippen molar-refractivity contribution in [3.63, 3.8) is 0 Å². The van der Waals surface area contributed by atoms with E-state index in [0.717, 1.165) is 37.0 Å². The summed E-state index contributed by atoms with van der Waals surface area (Å²) in [5.41, 5.74) is 1.24. The first-order valence-corrected chi connectivity index (χ1v) is 9.99. The molecule has 0 spiro atoms. The predicted molar refractivity (Wildman–Crippen MR) is 107 cm³/mol. The lowest BCUT2D eigenvalue weighted by Gasteiger charge is -2.37. The third-order valence-corrected chi connectivity index (χ3v) is 5.24. The first-order valence-electron chi connectivity index (χ1n) is 9.99. The van der Waals surface area contributed by atoms with Crippen LogP contribution in [0.25, 0.3) is 0 Å². The van der Waals surface area contributed by atoms with Gasteiger partial charge in [-0.2, -0.15) is 0 Å². The molecule has 1 aliphatic carbocycles. The standard InChI is InChI=1S/C22H34N2O3/c1-15(2)27-19-12-6-16(7-13-19)14-23-20(25)21(26)24-18-10-8-17(9-11-18)22(3,4)5/h6-7,12-13,15,17-18H,8-11,14H2,1-5H3,(H,23,25)(H,24,26). The Bertz CT molecular complexity index is 624. The minimum atomic E-state index is -0.574. The maximum absolute atomic E-state index is 12.1. The normalized spacial score (nSPS) is 20.2. The summed E-state index contributed by atoms with van der Waals surface area (Å²) in [6.07, 6.45) is 4.20. The van der Waals surface area contributed by atoms with Crippen LogP contribution >= 0.6 is 0 Å². The van der Waals surface area contributed by atoms with Crippen LogP contribution in [0.1, 0.15) is 65.9 Å². The van der Waals surface area contributed by atoms with E-state index in [1.54, 1.807) is 0 Å². The average molecular weight is 375 g/mol. The molecular weight excluding hydrogens is 340 g/mol. The summed E-state index contributed by atoms with van der Waals surface area (Å²) in [6, 6.07) is 7.63. The molecule has 0 unspecified atom stereocenters. The number of amides is 2. The minimum Gasteiger partial charge on any atom is -0.491 e. The summed E-state index contributed by atoms with van der Waals surface area (Å²) in [6.45, 7) is 11.1. The molecule has 5 heteroatoms. The summed E-state index contributed by atoms with van der Waals surface area (Å²) in [4.78, 5) is 24.2. The SMILES string of the molecule is CC(C)Oc1ccc(CNC(=O)C(=O)NC2CCC(C(C)(C)C)CC2)cc1. The molecule has 0 atom stereocenters. The molecule has 2 N–H and O–H groups in total. The fourth-order valence-corrected chi connectivity index (χ4v) is 3.58. The van der Waals surface area contributed by atoms with Crippen LogP contribution in [0.3, 0.4) is 0 Å². The van der Waals surface area contributed by atoms with E-state index in [2.05, 4.69) is 31.4 Å². The Morgan fingerprint density at radius 3 is 2.15 bits per heavy atom. The maximum Gasteiger partial charge on any atom is 0.309 e. The summed E-state index contributed by atoms with van der Waals surface area (Å²) < 4.78 is 5.59. The Morgan fingerprint density at radius 1 is 1.04 bits per heavy atom. The Kier molecular flexibility index (Phi) is 7.28. The van der Waals surface area contributed by atoms with E-state index in [9.17, 15) is 9.59 Å². The van der Waals surface area contributed by atoms with E-state index in [1.807, 2.05) is 38.1 Å². The fraction of sp³-hybridized carbons (Fsp3) is 0.636. The number of benzene rings is 1. The van der Waals surface area contributed by atoms with Crippen molar-refractivity contribution in [3.05, 3.63) is 29.8 Å². The molecule has 1 saturated carbocycles.